The Labute approximate surface area is 262 Å². The van der Waals surface area contributed by atoms with Gasteiger partial charge in [0.15, 0.2) is 0 Å². The first-order valence-corrected chi connectivity index (χ1v) is 16.3. The van der Waals surface area contributed by atoms with E-state index in [-0.39, 0.29) is 41.6 Å². The number of benzene rings is 1. The van der Waals surface area contributed by atoms with Gasteiger partial charge in [0.05, 0.1) is 0 Å². The summed E-state index contributed by atoms with van der Waals surface area (Å²) >= 11 is 0. The minimum atomic E-state index is -0.297. The van der Waals surface area contributed by atoms with Crippen LogP contribution in [0.25, 0.3) is 10.9 Å². The lowest BCUT2D eigenvalue weighted by Crippen LogP contribution is -2.44. The number of rotatable bonds is 23. The highest BCUT2D eigenvalue weighted by Crippen LogP contribution is 2.23. The number of unbranched alkanes of at least 4 members (excludes halogenated alkanes) is 2. The maximum Gasteiger partial charge on any atom is 0.315 e. The van der Waals surface area contributed by atoms with Crippen molar-refractivity contribution < 1.29 is 19.2 Å². The van der Waals surface area contributed by atoms with Crippen LogP contribution in [0.15, 0.2) is 30.5 Å². The predicted octanol–water partition coefficient (Wildman–Crippen LogP) is 4.05. The highest BCUT2D eigenvalue weighted by atomic mass is 16.2. The molecule has 1 aromatic heterocycles. The van der Waals surface area contributed by atoms with Gasteiger partial charge in [-0.05, 0) is 89.4 Å². The summed E-state index contributed by atoms with van der Waals surface area (Å²) in [6.45, 7) is 5.46. The number of hydrogen-bond acceptors (Lipinski definition) is 6. The smallest absolute Gasteiger partial charge is 0.315 e. The minimum Gasteiger partial charge on any atom is -0.361 e. The number of amides is 4. The van der Waals surface area contributed by atoms with Crippen LogP contribution in [0.2, 0.25) is 0 Å². The number of aromatic amines is 1. The molecule has 0 saturated heterocycles. The molecule has 11 nitrogen and oxygen atoms in total. The van der Waals surface area contributed by atoms with Crippen molar-refractivity contribution in [3.05, 3.63) is 36.0 Å². The number of ketones is 2. The molecule has 0 saturated carbocycles. The first-order valence-electron chi connectivity index (χ1n) is 16.3. The minimum absolute atomic E-state index is 0.0937. The molecule has 1 aromatic carbocycles. The average molecular weight is 614 g/mol. The monoisotopic (exact) mass is 613 g/mol. The summed E-state index contributed by atoms with van der Waals surface area (Å²) in [5.74, 6) is 0.0725. The summed E-state index contributed by atoms with van der Waals surface area (Å²) in [5, 5.41) is 12.9. The third kappa shape index (κ3) is 14.8. The van der Waals surface area contributed by atoms with Crippen LogP contribution in [0.3, 0.4) is 0 Å². The zero-order valence-corrected chi connectivity index (χ0v) is 26.7. The Morgan fingerprint density at radius 2 is 1.43 bits per heavy atom. The zero-order chi connectivity index (χ0) is 32.2. The summed E-state index contributed by atoms with van der Waals surface area (Å²) in [5.41, 5.74) is 13.4. The molecular weight excluding hydrogens is 558 g/mol. The highest BCUT2D eigenvalue weighted by molar-refractivity contribution is 5.83. The van der Waals surface area contributed by atoms with Gasteiger partial charge >= 0.3 is 12.1 Å². The van der Waals surface area contributed by atoms with Gasteiger partial charge in [-0.1, -0.05) is 31.0 Å². The lowest BCUT2D eigenvalue weighted by Gasteiger charge is -2.22. The summed E-state index contributed by atoms with van der Waals surface area (Å²) in [7, 11) is 0. The quantitative estimate of drug-likeness (QED) is 0.0927. The van der Waals surface area contributed by atoms with Gasteiger partial charge in [0.25, 0.3) is 0 Å². The summed E-state index contributed by atoms with van der Waals surface area (Å²) in [6.07, 6.45) is 9.78. The van der Waals surface area contributed by atoms with E-state index in [1.54, 1.807) is 6.92 Å². The molecule has 0 aliphatic rings. The van der Waals surface area contributed by atoms with Crippen molar-refractivity contribution in [2.24, 2.45) is 17.4 Å². The van der Waals surface area contributed by atoms with Crippen molar-refractivity contribution in [1.29, 1.82) is 0 Å². The van der Waals surface area contributed by atoms with Crippen LogP contribution in [0.5, 0.6) is 0 Å². The highest BCUT2D eigenvalue weighted by Gasteiger charge is 2.21. The fraction of sp³-hybridized carbons (Fsp3) is 0.636. The number of para-hydroxylation sites is 1. The number of carbonyl (C=O) groups is 4. The number of H-pyrrole nitrogens is 1. The molecule has 9 N–H and O–H groups in total. The number of nitrogens with two attached hydrogens (primary N) is 2. The van der Waals surface area contributed by atoms with Crippen molar-refractivity contribution in [2.75, 3.05) is 26.2 Å². The maximum atomic E-state index is 13.3. The molecule has 44 heavy (non-hydrogen) atoms. The molecule has 0 aliphatic carbocycles. The van der Waals surface area contributed by atoms with Gasteiger partial charge in [-0.15, -0.1) is 0 Å². The van der Waals surface area contributed by atoms with Crippen LogP contribution in [0.1, 0.15) is 90.0 Å². The van der Waals surface area contributed by atoms with Crippen LogP contribution in [0.4, 0.5) is 9.59 Å². The topological polar surface area (TPSA) is 184 Å². The van der Waals surface area contributed by atoms with Gasteiger partial charge < -0.3 is 42.5 Å². The van der Waals surface area contributed by atoms with E-state index in [2.05, 4.69) is 32.3 Å². The number of fused-ring (bicyclic) bond motifs is 1. The molecule has 0 radical (unpaired) electrons. The van der Waals surface area contributed by atoms with Crippen LogP contribution in [-0.4, -0.2) is 66.9 Å². The van der Waals surface area contributed by atoms with E-state index in [1.165, 1.54) is 0 Å². The maximum absolute atomic E-state index is 13.3. The van der Waals surface area contributed by atoms with Crippen molar-refractivity contribution in [2.45, 2.75) is 103 Å². The average Bonchev–Trinajstić information content (AvgIpc) is 3.40. The Balaban J connectivity index is 2.05. The Morgan fingerprint density at radius 3 is 2.05 bits per heavy atom. The van der Waals surface area contributed by atoms with Crippen LogP contribution in [-0.2, 0) is 16.0 Å². The van der Waals surface area contributed by atoms with Crippen LogP contribution < -0.4 is 32.7 Å². The van der Waals surface area contributed by atoms with E-state index < -0.39 is 0 Å². The number of carbonyl (C=O) groups excluding carboxylic acids is 4. The molecule has 0 spiro atoms. The van der Waals surface area contributed by atoms with Crippen molar-refractivity contribution in [1.82, 2.24) is 26.3 Å². The first kappa shape index (κ1) is 36.8. The van der Waals surface area contributed by atoms with Gasteiger partial charge in [-0.2, -0.15) is 0 Å². The third-order valence-corrected chi connectivity index (χ3v) is 7.89. The molecular formula is C33H55N7O4. The van der Waals surface area contributed by atoms with E-state index in [4.69, 9.17) is 11.5 Å². The zero-order valence-electron chi connectivity index (χ0n) is 26.7. The molecule has 0 aliphatic heterocycles. The summed E-state index contributed by atoms with van der Waals surface area (Å²) in [4.78, 5) is 53.3. The number of hydrogen-bond donors (Lipinski definition) is 7. The normalized spacial score (nSPS) is 13.2. The Hall–Kier alpha value is -3.44. The second-order valence-corrected chi connectivity index (χ2v) is 11.8. The van der Waals surface area contributed by atoms with E-state index in [1.807, 2.05) is 31.3 Å². The van der Waals surface area contributed by atoms with Gasteiger partial charge in [0.1, 0.15) is 11.6 Å². The molecule has 1 heterocycles. The molecule has 2 aromatic rings. The summed E-state index contributed by atoms with van der Waals surface area (Å²) < 4.78 is 0. The van der Waals surface area contributed by atoms with Crippen LogP contribution >= 0.6 is 0 Å². The Kier molecular flexibility index (Phi) is 17.8. The van der Waals surface area contributed by atoms with E-state index in [0.717, 1.165) is 55.0 Å². The molecule has 2 rings (SSSR count). The number of aromatic nitrogens is 1. The van der Waals surface area contributed by atoms with Crippen molar-refractivity contribution in [3.8, 4) is 0 Å². The molecule has 246 valence electrons. The van der Waals surface area contributed by atoms with Crippen molar-refractivity contribution in [3.63, 3.8) is 0 Å². The van der Waals surface area contributed by atoms with E-state index >= 15 is 0 Å². The van der Waals surface area contributed by atoms with Gasteiger partial charge in [0, 0.05) is 61.5 Å². The van der Waals surface area contributed by atoms with Gasteiger partial charge in [-0.3, -0.25) is 4.79 Å². The van der Waals surface area contributed by atoms with Gasteiger partial charge in [0.2, 0.25) is 0 Å². The second-order valence-electron chi connectivity index (χ2n) is 11.8. The number of urea groups is 2. The lowest BCUT2D eigenvalue weighted by atomic mass is 9.91. The largest absolute Gasteiger partial charge is 0.361 e. The molecule has 0 fully saturated rings. The standard InChI is InChI=1S/C33H55N7O4/c1-3-36-32(43)39-28(11-7-9-19-35)16-17-29(42)21-25(20-26-23-37-31-13-5-4-12-30(26)31)22-38-33(44)40-27(10-6-8-18-34)15-14-24(2)41/h4-5,12-13,23,25,27-28,37H,3,6-11,14-22,34-35H2,1-2H3,(H2,36,39,43)(H2,38,40,44)/t25-,27+,28+/m1/s1. The number of nitrogens with one attached hydrogen (secondary N) is 5. The lowest BCUT2D eigenvalue weighted by molar-refractivity contribution is -0.120. The molecule has 4 amide bonds. The predicted molar refractivity (Wildman–Crippen MR) is 176 cm³/mol. The molecule has 0 unspecified atom stereocenters. The summed E-state index contributed by atoms with van der Waals surface area (Å²) in [6, 6.07) is 7.28. The number of Topliss-reactive ketones (excluding diaryl/α,β-unsaturated/α-hetero) is 2. The third-order valence-electron chi connectivity index (χ3n) is 7.89. The first-order chi connectivity index (χ1) is 21.2. The second kappa shape index (κ2) is 21.3. The van der Waals surface area contributed by atoms with E-state index in [0.29, 0.717) is 64.7 Å². The SMILES string of the molecule is CCNC(=O)N[C@@H](CCCCN)CCC(=O)C[C@H](CNC(=O)N[C@@H](CCCCN)CCC(C)=O)Cc1c[nH]c2ccccc12. The molecule has 0 bridgehead atoms. The molecule has 3 atom stereocenters. The van der Waals surface area contributed by atoms with Crippen molar-refractivity contribution >= 4 is 34.5 Å². The molecule has 11 heteroatoms. The van der Waals surface area contributed by atoms with Gasteiger partial charge in [-0.25, -0.2) is 9.59 Å². The fourth-order valence-electron chi connectivity index (χ4n) is 5.48. The van der Waals surface area contributed by atoms with E-state index in [9.17, 15) is 19.2 Å². The Morgan fingerprint density at radius 1 is 0.818 bits per heavy atom. The van der Waals surface area contributed by atoms with Crippen LogP contribution in [0, 0.1) is 5.92 Å². The fourth-order valence-corrected chi connectivity index (χ4v) is 5.48. The Bertz CT molecular complexity index is 1150.